The smallest absolute Gasteiger partial charge is 0.181 e. The van der Waals surface area contributed by atoms with Crippen LogP contribution < -0.4 is 5.32 Å². The number of aromatic nitrogens is 1. The summed E-state index contributed by atoms with van der Waals surface area (Å²) in [6, 6.07) is 4.32. The number of aryl methyl sites for hydroxylation is 3. The summed E-state index contributed by atoms with van der Waals surface area (Å²) in [6.45, 7) is 5.17. The zero-order valence-corrected chi connectivity index (χ0v) is 11.8. The molecule has 0 aliphatic carbocycles. The number of rotatable bonds is 2. The Hall–Kier alpha value is -1.61. The SMILES string of the molecule is Cc1cc2c(C(=O)[C@H]3CCCN3)cn(C)c2cc1C. The Morgan fingerprint density at radius 2 is 2.05 bits per heavy atom. The number of nitrogens with zero attached hydrogens (tertiary/aromatic N) is 1. The summed E-state index contributed by atoms with van der Waals surface area (Å²) in [5.41, 5.74) is 4.52. The molecule has 100 valence electrons. The normalized spacial score (nSPS) is 19.2. The van der Waals surface area contributed by atoms with Crippen molar-refractivity contribution in [3.8, 4) is 0 Å². The fraction of sp³-hybridized carbons (Fsp3) is 0.438. The number of benzene rings is 1. The first-order valence-corrected chi connectivity index (χ1v) is 6.92. The van der Waals surface area contributed by atoms with Crippen LogP contribution in [0, 0.1) is 13.8 Å². The van der Waals surface area contributed by atoms with Gasteiger partial charge in [-0.05, 0) is 56.5 Å². The van der Waals surface area contributed by atoms with E-state index in [1.807, 2.05) is 13.2 Å². The fourth-order valence-electron chi connectivity index (χ4n) is 2.93. The Bertz CT molecular complexity index is 648. The fourth-order valence-corrected chi connectivity index (χ4v) is 2.93. The number of hydrogen-bond acceptors (Lipinski definition) is 2. The standard InChI is InChI=1S/C16H20N2O/c1-10-7-12-13(16(19)14-5-4-6-17-14)9-18(3)15(12)8-11(10)2/h7-9,14,17H,4-6H2,1-3H3/t14-/m1/s1. The summed E-state index contributed by atoms with van der Waals surface area (Å²) >= 11 is 0. The second-order valence-corrected chi connectivity index (χ2v) is 5.62. The third kappa shape index (κ3) is 1.98. The molecule has 1 fully saturated rings. The Balaban J connectivity index is 2.13. The van der Waals surface area contributed by atoms with Gasteiger partial charge in [-0.1, -0.05) is 0 Å². The van der Waals surface area contributed by atoms with Crippen molar-refractivity contribution >= 4 is 16.7 Å². The van der Waals surface area contributed by atoms with Crippen molar-refractivity contribution < 1.29 is 4.79 Å². The Labute approximate surface area is 113 Å². The second kappa shape index (κ2) is 4.49. The zero-order valence-electron chi connectivity index (χ0n) is 11.8. The summed E-state index contributed by atoms with van der Waals surface area (Å²) in [6.07, 6.45) is 4.03. The highest BCUT2D eigenvalue weighted by atomic mass is 16.1. The number of hydrogen-bond donors (Lipinski definition) is 1. The van der Waals surface area contributed by atoms with E-state index in [0.717, 1.165) is 35.9 Å². The molecule has 2 heterocycles. The Morgan fingerprint density at radius 3 is 2.74 bits per heavy atom. The molecule has 19 heavy (non-hydrogen) atoms. The molecule has 0 saturated carbocycles. The number of fused-ring (bicyclic) bond motifs is 1. The number of Topliss-reactive ketones (excluding diaryl/α,β-unsaturated/α-hetero) is 1. The molecule has 1 aliphatic rings. The molecule has 3 rings (SSSR count). The molecule has 2 aromatic rings. The quantitative estimate of drug-likeness (QED) is 0.838. The molecule has 1 atom stereocenters. The van der Waals surface area contributed by atoms with Crippen LogP contribution in [0.2, 0.25) is 0 Å². The Kier molecular flexibility index (Phi) is 2.94. The summed E-state index contributed by atoms with van der Waals surface area (Å²) in [4.78, 5) is 12.6. The van der Waals surface area contributed by atoms with E-state index in [2.05, 4.69) is 35.9 Å². The van der Waals surface area contributed by atoms with Gasteiger partial charge in [-0.3, -0.25) is 4.79 Å². The zero-order chi connectivity index (χ0) is 13.6. The van der Waals surface area contributed by atoms with Crippen LogP contribution in [0.5, 0.6) is 0 Å². The molecular formula is C16H20N2O. The van der Waals surface area contributed by atoms with Crippen LogP contribution in [-0.4, -0.2) is 22.9 Å². The van der Waals surface area contributed by atoms with Crippen molar-refractivity contribution in [1.29, 1.82) is 0 Å². The van der Waals surface area contributed by atoms with Gasteiger partial charge in [-0.25, -0.2) is 0 Å². The first-order chi connectivity index (χ1) is 9.08. The maximum Gasteiger partial charge on any atom is 0.181 e. The molecule has 0 radical (unpaired) electrons. The van der Waals surface area contributed by atoms with Crippen LogP contribution in [0.3, 0.4) is 0 Å². The molecule has 1 aromatic heterocycles. The molecule has 3 heteroatoms. The van der Waals surface area contributed by atoms with Gasteiger partial charge in [0.2, 0.25) is 0 Å². The minimum absolute atomic E-state index is 0.00668. The van der Waals surface area contributed by atoms with Crippen LogP contribution >= 0.6 is 0 Å². The van der Waals surface area contributed by atoms with Crippen molar-refractivity contribution in [3.63, 3.8) is 0 Å². The summed E-state index contributed by atoms with van der Waals surface area (Å²) < 4.78 is 2.06. The largest absolute Gasteiger partial charge is 0.350 e. The highest BCUT2D eigenvalue weighted by molar-refractivity contribution is 6.10. The van der Waals surface area contributed by atoms with Crippen molar-refractivity contribution in [2.45, 2.75) is 32.7 Å². The number of ketones is 1. The van der Waals surface area contributed by atoms with Crippen molar-refractivity contribution in [1.82, 2.24) is 9.88 Å². The van der Waals surface area contributed by atoms with Crippen LogP contribution in [0.15, 0.2) is 18.3 Å². The minimum Gasteiger partial charge on any atom is -0.350 e. The van der Waals surface area contributed by atoms with Gasteiger partial charge in [-0.15, -0.1) is 0 Å². The van der Waals surface area contributed by atoms with Gasteiger partial charge >= 0.3 is 0 Å². The lowest BCUT2D eigenvalue weighted by atomic mass is 9.99. The predicted octanol–water partition coefficient (Wildman–Crippen LogP) is 2.73. The maximum absolute atomic E-state index is 12.6. The van der Waals surface area contributed by atoms with E-state index in [4.69, 9.17) is 0 Å². The average molecular weight is 256 g/mol. The van der Waals surface area contributed by atoms with Crippen molar-refractivity contribution in [2.24, 2.45) is 7.05 Å². The highest BCUT2D eigenvalue weighted by Gasteiger charge is 2.25. The van der Waals surface area contributed by atoms with Crippen LogP contribution in [0.4, 0.5) is 0 Å². The second-order valence-electron chi connectivity index (χ2n) is 5.62. The number of nitrogens with one attached hydrogen (secondary N) is 1. The molecule has 0 spiro atoms. The third-order valence-electron chi connectivity index (χ3n) is 4.25. The van der Waals surface area contributed by atoms with E-state index in [1.54, 1.807) is 0 Å². The Morgan fingerprint density at radius 1 is 1.32 bits per heavy atom. The van der Waals surface area contributed by atoms with E-state index in [1.165, 1.54) is 11.1 Å². The summed E-state index contributed by atoms with van der Waals surface area (Å²) in [5.74, 6) is 0.242. The number of carbonyl (C=O) groups is 1. The van der Waals surface area contributed by atoms with Gasteiger partial charge < -0.3 is 9.88 Å². The van der Waals surface area contributed by atoms with E-state index in [0.29, 0.717) is 0 Å². The lowest BCUT2D eigenvalue weighted by Crippen LogP contribution is -2.30. The predicted molar refractivity (Wildman–Crippen MR) is 77.7 cm³/mol. The molecule has 0 bridgehead atoms. The molecule has 0 unspecified atom stereocenters. The molecular weight excluding hydrogens is 236 g/mol. The van der Waals surface area contributed by atoms with Crippen molar-refractivity contribution in [3.05, 3.63) is 35.0 Å². The molecule has 0 amide bonds. The van der Waals surface area contributed by atoms with Gasteiger partial charge in [0.1, 0.15) is 0 Å². The van der Waals surface area contributed by atoms with E-state index in [-0.39, 0.29) is 11.8 Å². The highest BCUT2D eigenvalue weighted by Crippen LogP contribution is 2.26. The number of carbonyl (C=O) groups excluding carboxylic acids is 1. The van der Waals surface area contributed by atoms with Gasteiger partial charge in [0.15, 0.2) is 5.78 Å². The molecule has 1 saturated heterocycles. The van der Waals surface area contributed by atoms with E-state index < -0.39 is 0 Å². The third-order valence-corrected chi connectivity index (χ3v) is 4.25. The molecule has 3 nitrogen and oxygen atoms in total. The topological polar surface area (TPSA) is 34.0 Å². The molecule has 1 aliphatic heterocycles. The lowest BCUT2D eigenvalue weighted by molar-refractivity contribution is 0.0954. The average Bonchev–Trinajstić information content (AvgIpc) is 3.00. The monoisotopic (exact) mass is 256 g/mol. The van der Waals surface area contributed by atoms with Crippen molar-refractivity contribution in [2.75, 3.05) is 6.54 Å². The van der Waals surface area contributed by atoms with Crippen LogP contribution in [0.25, 0.3) is 10.9 Å². The van der Waals surface area contributed by atoms with Crippen LogP contribution in [0.1, 0.15) is 34.3 Å². The lowest BCUT2D eigenvalue weighted by Gasteiger charge is -2.08. The summed E-state index contributed by atoms with van der Waals surface area (Å²) in [5, 5.41) is 4.38. The molecule has 1 aromatic carbocycles. The van der Waals surface area contributed by atoms with Gasteiger partial charge in [0.05, 0.1) is 6.04 Å². The van der Waals surface area contributed by atoms with E-state index in [9.17, 15) is 4.79 Å². The summed E-state index contributed by atoms with van der Waals surface area (Å²) in [7, 11) is 2.01. The van der Waals surface area contributed by atoms with Gasteiger partial charge in [0, 0.05) is 29.7 Å². The first kappa shape index (κ1) is 12.4. The van der Waals surface area contributed by atoms with Crippen LogP contribution in [-0.2, 0) is 7.05 Å². The minimum atomic E-state index is 0.00668. The first-order valence-electron chi connectivity index (χ1n) is 6.92. The van der Waals surface area contributed by atoms with Gasteiger partial charge in [-0.2, -0.15) is 0 Å². The molecule has 1 N–H and O–H groups in total. The van der Waals surface area contributed by atoms with E-state index >= 15 is 0 Å². The van der Waals surface area contributed by atoms with Gasteiger partial charge in [0.25, 0.3) is 0 Å². The maximum atomic E-state index is 12.6.